The maximum Gasteiger partial charge on any atom is 0.330 e. The van der Waals surface area contributed by atoms with E-state index in [4.69, 9.17) is 4.74 Å². The van der Waals surface area contributed by atoms with Crippen LogP contribution in [0.4, 0.5) is 0 Å². The molecule has 0 N–H and O–H groups in total. The van der Waals surface area contributed by atoms with Crippen LogP contribution < -0.4 is 0 Å². The number of hydrogen-bond donors (Lipinski definition) is 0. The highest BCUT2D eigenvalue weighted by Gasteiger charge is 2.10. The normalized spacial score (nSPS) is 13.8. The van der Waals surface area contributed by atoms with Crippen LogP contribution in [-0.2, 0) is 28.8 Å². The van der Waals surface area contributed by atoms with Crippen LogP contribution in [0.1, 0.15) is 36.5 Å². The van der Waals surface area contributed by atoms with Crippen LogP contribution in [0.15, 0.2) is 30.4 Å². The zero-order chi connectivity index (χ0) is 12.8. The smallest absolute Gasteiger partial charge is 0.330 e. The Morgan fingerprint density at radius 3 is 3.00 bits per heavy atom. The van der Waals surface area contributed by atoms with E-state index in [1.54, 1.807) is 0 Å². The van der Waals surface area contributed by atoms with Crippen molar-refractivity contribution >= 4 is 5.97 Å². The Kier molecular flexibility index (Phi) is 4.57. The molecule has 96 valence electrons. The van der Waals surface area contributed by atoms with Gasteiger partial charge in [-0.05, 0) is 55.7 Å². The molecular formula is C16H20O2. The monoisotopic (exact) mass is 244 g/mol. The topological polar surface area (TPSA) is 26.3 Å². The third-order valence-corrected chi connectivity index (χ3v) is 3.30. The van der Waals surface area contributed by atoms with Crippen LogP contribution in [0.25, 0.3) is 0 Å². The van der Waals surface area contributed by atoms with Gasteiger partial charge in [0.2, 0.25) is 0 Å². The third-order valence-electron chi connectivity index (χ3n) is 3.30. The van der Waals surface area contributed by atoms with Gasteiger partial charge < -0.3 is 4.74 Å². The Morgan fingerprint density at radius 1 is 1.33 bits per heavy atom. The van der Waals surface area contributed by atoms with Crippen molar-refractivity contribution < 1.29 is 9.53 Å². The number of hydrogen-bond acceptors (Lipinski definition) is 2. The molecule has 0 spiro atoms. The van der Waals surface area contributed by atoms with Crippen molar-refractivity contribution in [2.45, 2.75) is 39.0 Å². The average molecular weight is 244 g/mol. The van der Waals surface area contributed by atoms with Gasteiger partial charge in [-0.3, -0.25) is 0 Å². The first-order valence-electron chi connectivity index (χ1n) is 6.73. The molecule has 0 heterocycles. The number of rotatable bonds is 5. The molecule has 0 saturated heterocycles. The molecule has 0 amide bonds. The summed E-state index contributed by atoms with van der Waals surface area (Å²) in [5, 5.41) is 0. The molecular weight excluding hydrogens is 224 g/mol. The molecule has 2 rings (SSSR count). The highest BCUT2D eigenvalue weighted by molar-refractivity contribution is 5.81. The van der Waals surface area contributed by atoms with E-state index in [2.05, 4.69) is 18.2 Å². The van der Waals surface area contributed by atoms with Gasteiger partial charge in [0.05, 0.1) is 6.61 Å². The van der Waals surface area contributed by atoms with Crippen molar-refractivity contribution in [2.75, 3.05) is 6.61 Å². The molecule has 0 atom stereocenters. The molecule has 0 aromatic heterocycles. The van der Waals surface area contributed by atoms with E-state index in [-0.39, 0.29) is 5.97 Å². The van der Waals surface area contributed by atoms with Crippen molar-refractivity contribution in [2.24, 2.45) is 0 Å². The zero-order valence-corrected chi connectivity index (χ0v) is 10.9. The largest absolute Gasteiger partial charge is 0.463 e. The van der Waals surface area contributed by atoms with E-state index >= 15 is 0 Å². The molecule has 0 aliphatic heterocycles. The van der Waals surface area contributed by atoms with E-state index in [1.165, 1.54) is 42.0 Å². The molecule has 0 fully saturated rings. The summed E-state index contributed by atoms with van der Waals surface area (Å²) in [6.45, 7) is 2.25. The van der Waals surface area contributed by atoms with Crippen molar-refractivity contribution in [3.63, 3.8) is 0 Å². The minimum Gasteiger partial charge on any atom is -0.463 e. The Balaban J connectivity index is 1.82. The number of carbonyl (C=O) groups excluding carboxylic acids is 1. The molecule has 0 radical (unpaired) electrons. The number of fused-ring (bicyclic) bond motifs is 1. The number of benzene rings is 1. The second-order valence-electron chi connectivity index (χ2n) is 4.65. The van der Waals surface area contributed by atoms with Crippen molar-refractivity contribution in [1.29, 1.82) is 0 Å². The molecule has 0 saturated carbocycles. The van der Waals surface area contributed by atoms with Gasteiger partial charge in [-0.25, -0.2) is 4.79 Å². The summed E-state index contributed by atoms with van der Waals surface area (Å²) in [5.41, 5.74) is 4.40. The molecule has 1 aromatic carbocycles. The maximum atomic E-state index is 11.1. The quantitative estimate of drug-likeness (QED) is 0.587. The fourth-order valence-electron chi connectivity index (χ4n) is 2.40. The predicted octanol–water partition coefficient (Wildman–Crippen LogP) is 3.23. The first kappa shape index (κ1) is 12.9. The van der Waals surface area contributed by atoms with E-state index in [9.17, 15) is 4.79 Å². The van der Waals surface area contributed by atoms with Crippen LogP contribution in [0.2, 0.25) is 0 Å². The van der Waals surface area contributed by atoms with Crippen molar-refractivity contribution in [3.05, 3.63) is 47.0 Å². The maximum absolute atomic E-state index is 11.1. The summed E-state index contributed by atoms with van der Waals surface area (Å²) < 4.78 is 4.83. The van der Waals surface area contributed by atoms with E-state index in [1.807, 2.05) is 13.0 Å². The fraction of sp³-hybridized carbons (Fsp3) is 0.438. The van der Waals surface area contributed by atoms with Gasteiger partial charge in [0.25, 0.3) is 0 Å². The van der Waals surface area contributed by atoms with E-state index in [0.29, 0.717) is 6.61 Å². The second kappa shape index (κ2) is 6.39. The van der Waals surface area contributed by atoms with Crippen LogP contribution in [-0.4, -0.2) is 12.6 Å². The van der Waals surface area contributed by atoms with Gasteiger partial charge in [0.1, 0.15) is 0 Å². The highest BCUT2D eigenvalue weighted by Crippen LogP contribution is 2.23. The summed E-state index contributed by atoms with van der Waals surface area (Å²) >= 11 is 0. The van der Waals surface area contributed by atoms with Crippen molar-refractivity contribution in [1.82, 2.24) is 0 Å². The number of aryl methyl sites for hydroxylation is 3. The Hall–Kier alpha value is -1.57. The molecule has 1 aromatic rings. The fourth-order valence-corrected chi connectivity index (χ4v) is 2.40. The molecule has 2 heteroatoms. The number of esters is 1. The SMILES string of the molecule is CCOC(=O)/C=C/CCc1ccc2c(c1)CCC2. The molecule has 1 aliphatic carbocycles. The molecule has 0 bridgehead atoms. The number of allylic oxidation sites excluding steroid dienone is 1. The standard InChI is InChI=1S/C16H20O2/c1-2-18-16(17)9-4-3-6-13-10-11-14-7-5-8-15(14)12-13/h4,9-12H,2-3,5-8H2,1H3/b9-4+. The lowest BCUT2D eigenvalue weighted by Crippen LogP contribution is -1.98. The molecule has 18 heavy (non-hydrogen) atoms. The molecule has 2 nitrogen and oxygen atoms in total. The summed E-state index contributed by atoms with van der Waals surface area (Å²) in [7, 11) is 0. The first-order valence-corrected chi connectivity index (χ1v) is 6.73. The van der Waals surface area contributed by atoms with Crippen molar-refractivity contribution in [3.8, 4) is 0 Å². The van der Waals surface area contributed by atoms with Gasteiger partial charge >= 0.3 is 5.97 Å². The second-order valence-corrected chi connectivity index (χ2v) is 4.65. The van der Waals surface area contributed by atoms with Gasteiger partial charge in [-0.2, -0.15) is 0 Å². The van der Waals surface area contributed by atoms with Crippen LogP contribution in [0.5, 0.6) is 0 Å². The van der Waals surface area contributed by atoms with Gasteiger partial charge in [-0.1, -0.05) is 24.3 Å². The lowest BCUT2D eigenvalue weighted by Gasteiger charge is -2.03. The Morgan fingerprint density at radius 2 is 2.17 bits per heavy atom. The van der Waals surface area contributed by atoms with E-state index in [0.717, 1.165) is 12.8 Å². The number of ether oxygens (including phenoxy) is 1. The van der Waals surface area contributed by atoms with Gasteiger partial charge in [0, 0.05) is 6.08 Å². The minimum atomic E-state index is -0.244. The Bertz CT molecular complexity index is 446. The zero-order valence-electron chi connectivity index (χ0n) is 10.9. The third kappa shape index (κ3) is 3.46. The van der Waals surface area contributed by atoms with E-state index < -0.39 is 0 Å². The summed E-state index contributed by atoms with van der Waals surface area (Å²) in [5.74, 6) is -0.244. The van der Waals surface area contributed by atoms with Gasteiger partial charge in [0.15, 0.2) is 0 Å². The molecule has 1 aliphatic rings. The summed E-state index contributed by atoms with van der Waals surface area (Å²) in [4.78, 5) is 11.1. The Labute approximate surface area is 109 Å². The van der Waals surface area contributed by atoms with Crippen LogP contribution in [0, 0.1) is 0 Å². The summed E-state index contributed by atoms with van der Waals surface area (Å²) in [6, 6.07) is 6.79. The van der Waals surface area contributed by atoms with Gasteiger partial charge in [-0.15, -0.1) is 0 Å². The first-order chi connectivity index (χ1) is 8.79. The molecule has 0 unspecified atom stereocenters. The summed E-state index contributed by atoms with van der Waals surface area (Å²) in [6.07, 6.45) is 9.05. The average Bonchev–Trinajstić information content (AvgIpc) is 2.82. The highest BCUT2D eigenvalue weighted by atomic mass is 16.5. The lowest BCUT2D eigenvalue weighted by atomic mass is 10.0. The van der Waals surface area contributed by atoms with Crippen LogP contribution >= 0.6 is 0 Å². The number of carbonyl (C=O) groups is 1. The minimum absolute atomic E-state index is 0.244. The predicted molar refractivity (Wildman–Crippen MR) is 72.6 cm³/mol. The lowest BCUT2D eigenvalue weighted by molar-refractivity contribution is -0.137. The van der Waals surface area contributed by atoms with Crippen LogP contribution in [0.3, 0.4) is 0 Å².